The Morgan fingerprint density at radius 1 is 1.14 bits per heavy atom. The van der Waals surface area contributed by atoms with Crippen molar-refractivity contribution in [2.45, 2.75) is 45.8 Å². The zero-order valence-electron chi connectivity index (χ0n) is 16.8. The molecule has 4 nitrogen and oxygen atoms in total. The van der Waals surface area contributed by atoms with Crippen LogP contribution in [0.4, 0.5) is 10.1 Å². The largest absolute Gasteiger partial charge is 0.481 e. The molecule has 1 N–H and O–H groups in total. The Morgan fingerprint density at radius 2 is 1.82 bits per heavy atom. The van der Waals surface area contributed by atoms with Crippen molar-refractivity contribution in [1.82, 2.24) is 5.32 Å². The maximum atomic E-state index is 13.0. The van der Waals surface area contributed by atoms with Crippen LogP contribution < -0.4 is 15.0 Å². The Bertz CT molecular complexity index is 776. The molecule has 1 fully saturated rings. The summed E-state index contributed by atoms with van der Waals surface area (Å²) in [6.45, 7) is 8.15. The van der Waals surface area contributed by atoms with Gasteiger partial charge in [-0.05, 0) is 74.6 Å². The standard InChI is InChI=1S/C23H29FN2O2/c1-16-5-4-14-26(15-16)21-10-6-19(7-11-21)17(2)25-23(27)18(3)28-22-12-8-20(24)9-13-22/h6-13,16-18H,4-5,14-15H2,1-3H3,(H,25,27)/t16-,17+,18-/m1/s1. The number of amides is 1. The van der Waals surface area contributed by atoms with Gasteiger partial charge in [0.25, 0.3) is 5.91 Å². The lowest BCUT2D eigenvalue weighted by molar-refractivity contribution is -0.127. The summed E-state index contributed by atoms with van der Waals surface area (Å²) in [6, 6.07) is 14.0. The summed E-state index contributed by atoms with van der Waals surface area (Å²) in [5.74, 6) is 0.664. The van der Waals surface area contributed by atoms with Crippen LogP contribution in [0.2, 0.25) is 0 Å². The first-order chi connectivity index (χ1) is 13.4. The van der Waals surface area contributed by atoms with Gasteiger partial charge < -0.3 is 15.0 Å². The highest BCUT2D eigenvalue weighted by molar-refractivity contribution is 5.81. The van der Waals surface area contributed by atoms with Crippen LogP contribution in [0.3, 0.4) is 0 Å². The number of nitrogens with one attached hydrogen (secondary N) is 1. The Kier molecular flexibility index (Phi) is 6.55. The van der Waals surface area contributed by atoms with Gasteiger partial charge in [-0.25, -0.2) is 4.39 Å². The SMILES string of the molecule is C[C@@H]1CCCN(c2ccc([C@H](C)NC(=O)[C@@H](C)Oc3ccc(F)cc3)cc2)C1. The van der Waals surface area contributed by atoms with Gasteiger partial charge in [0, 0.05) is 18.8 Å². The van der Waals surface area contributed by atoms with Gasteiger partial charge in [0.1, 0.15) is 11.6 Å². The van der Waals surface area contributed by atoms with E-state index in [1.165, 1.54) is 42.8 Å². The Labute approximate surface area is 166 Å². The van der Waals surface area contributed by atoms with Crippen molar-refractivity contribution in [2.24, 2.45) is 5.92 Å². The van der Waals surface area contributed by atoms with Crippen molar-refractivity contribution in [3.8, 4) is 5.75 Å². The number of halogens is 1. The third-order valence-corrected chi connectivity index (χ3v) is 5.27. The van der Waals surface area contributed by atoms with Crippen molar-refractivity contribution in [1.29, 1.82) is 0 Å². The second-order valence-electron chi connectivity index (χ2n) is 7.73. The highest BCUT2D eigenvalue weighted by Crippen LogP contribution is 2.24. The molecule has 0 saturated carbocycles. The lowest BCUT2D eigenvalue weighted by atomic mass is 9.99. The van der Waals surface area contributed by atoms with Crippen molar-refractivity contribution >= 4 is 11.6 Å². The van der Waals surface area contributed by atoms with Crippen molar-refractivity contribution in [2.75, 3.05) is 18.0 Å². The van der Waals surface area contributed by atoms with Crippen molar-refractivity contribution < 1.29 is 13.9 Å². The number of nitrogens with zero attached hydrogens (tertiary/aromatic N) is 1. The smallest absolute Gasteiger partial charge is 0.261 e. The molecule has 3 rings (SSSR count). The third-order valence-electron chi connectivity index (χ3n) is 5.27. The van der Waals surface area contributed by atoms with E-state index in [1.807, 2.05) is 6.92 Å². The molecule has 0 bridgehead atoms. The number of ether oxygens (including phenoxy) is 1. The van der Waals surface area contributed by atoms with Crippen LogP contribution in [-0.2, 0) is 4.79 Å². The van der Waals surface area contributed by atoms with Gasteiger partial charge in [-0.2, -0.15) is 0 Å². The van der Waals surface area contributed by atoms with E-state index >= 15 is 0 Å². The summed E-state index contributed by atoms with van der Waals surface area (Å²) in [5.41, 5.74) is 2.29. The summed E-state index contributed by atoms with van der Waals surface area (Å²) in [5, 5.41) is 2.98. The lowest BCUT2D eigenvalue weighted by Crippen LogP contribution is -2.37. The lowest BCUT2D eigenvalue weighted by Gasteiger charge is -2.33. The average molecular weight is 384 g/mol. The molecule has 2 aromatic carbocycles. The normalized spacial score (nSPS) is 19.0. The monoisotopic (exact) mass is 384 g/mol. The van der Waals surface area contributed by atoms with E-state index in [9.17, 15) is 9.18 Å². The highest BCUT2D eigenvalue weighted by atomic mass is 19.1. The topological polar surface area (TPSA) is 41.6 Å². The number of carbonyl (C=O) groups is 1. The Hall–Kier alpha value is -2.56. The van der Waals surface area contributed by atoms with Crippen LogP contribution in [-0.4, -0.2) is 25.1 Å². The maximum Gasteiger partial charge on any atom is 0.261 e. The predicted molar refractivity (Wildman–Crippen MR) is 110 cm³/mol. The van der Waals surface area contributed by atoms with E-state index in [0.717, 1.165) is 24.6 Å². The molecule has 1 aliphatic rings. The fourth-order valence-electron chi connectivity index (χ4n) is 3.58. The van der Waals surface area contributed by atoms with E-state index in [0.29, 0.717) is 5.75 Å². The van der Waals surface area contributed by atoms with Crippen LogP contribution in [0.15, 0.2) is 48.5 Å². The molecular formula is C23H29FN2O2. The number of piperidine rings is 1. The fourth-order valence-corrected chi connectivity index (χ4v) is 3.58. The number of carbonyl (C=O) groups excluding carboxylic acids is 1. The van der Waals surface area contributed by atoms with Gasteiger partial charge >= 0.3 is 0 Å². The number of hydrogen-bond acceptors (Lipinski definition) is 3. The minimum Gasteiger partial charge on any atom is -0.481 e. The molecule has 1 saturated heterocycles. The van der Waals surface area contributed by atoms with E-state index < -0.39 is 6.10 Å². The van der Waals surface area contributed by atoms with Gasteiger partial charge in [-0.15, -0.1) is 0 Å². The van der Waals surface area contributed by atoms with Crippen molar-refractivity contribution in [3.05, 3.63) is 59.9 Å². The van der Waals surface area contributed by atoms with Gasteiger partial charge in [-0.1, -0.05) is 19.1 Å². The summed E-state index contributed by atoms with van der Waals surface area (Å²) in [6.07, 6.45) is 1.87. The van der Waals surface area contributed by atoms with Crippen molar-refractivity contribution in [3.63, 3.8) is 0 Å². The van der Waals surface area contributed by atoms with Gasteiger partial charge in [0.05, 0.1) is 6.04 Å². The van der Waals surface area contributed by atoms with Crippen LogP contribution in [0, 0.1) is 11.7 Å². The van der Waals surface area contributed by atoms with Gasteiger partial charge in [0.2, 0.25) is 0 Å². The molecule has 1 aliphatic heterocycles. The van der Waals surface area contributed by atoms with Crippen LogP contribution in [0.1, 0.15) is 45.2 Å². The first kappa shape index (κ1) is 20.2. The second kappa shape index (κ2) is 9.09. The summed E-state index contributed by atoms with van der Waals surface area (Å²) < 4.78 is 18.6. The fraction of sp³-hybridized carbons (Fsp3) is 0.435. The molecule has 0 aromatic heterocycles. The first-order valence-electron chi connectivity index (χ1n) is 10.00. The molecular weight excluding hydrogens is 355 g/mol. The molecule has 5 heteroatoms. The van der Waals surface area contributed by atoms with Crippen LogP contribution in [0.5, 0.6) is 5.75 Å². The molecule has 0 radical (unpaired) electrons. The van der Waals surface area contributed by atoms with E-state index in [-0.39, 0.29) is 17.8 Å². The average Bonchev–Trinajstić information content (AvgIpc) is 2.69. The molecule has 1 amide bonds. The van der Waals surface area contributed by atoms with E-state index in [4.69, 9.17) is 4.74 Å². The zero-order valence-corrected chi connectivity index (χ0v) is 16.8. The predicted octanol–water partition coefficient (Wildman–Crippen LogP) is 4.71. The van der Waals surface area contributed by atoms with Gasteiger partial charge in [-0.3, -0.25) is 4.79 Å². The van der Waals surface area contributed by atoms with Crippen LogP contribution >= 0.6 is 0 Å². The third kappa shape index (κ3) is 5.24. The number of benzene rings is 2. The molecule has 3 atom stereocenters. The quantitative estimate of drug-likeness (QED) is 0.784. The summed E-state index contributed by atoms with van der Waals surface area (Å²) >= 11 is 0. The molecule has 28 heavy (non-hydrogen) atoms. The zero-order chi connectivity index (χ0) is 20.1. The van der Waals surface area contributed by atoms with Crippen LogP contribution in [0.25, 0.3) is 0 Å². The first-order valence-corrected chi connectivity index (χ1v) is 10.00. The summed E-state index contributed by atoms with van der Waals surface area (Å²) in [4.78, 5) is 14.9. The molecule has 0 spiro atoms. The molecule has 150 valence electrons. The highest BCUT2D eigenvalue weighted by Gasteiger charge is 2.19. The number of hydrogen-bond donors (Lipinski definition) is 1. The van der Waals surface area contributed by atoms with E-state index in [2.05, 4.69) is 41.4 Å². The Balaban J connectivity index is 1.55. The Morgan fingerprint density at radius 3 is 2.46 bits per heavy atom. The summed E-state index contributed by atoms with van der Waals surface area (Å²) in [7, 11) is 0. The number of rotatable bonds is 6. The molecule has 0 aliphatic carbocycles. The minimum atomic E-state index is -0.665. The molecule has 2 aromatic rings. The molecule has 1 heterocycles. The van der Waals surface area contributed by atoms with Gasteiger partial charge in [0.15, 0.2) is 6.10 Å². The number of anilines is 1. The van der Waals surface area contributed by atoms with E-state index in [1.54, 1.807) is 6.92 Å². The maximum absolute atomic E-state index is 13.0. The minimum absolute atomic E-state index is 0.124. The second-order valence-corrected chi connectivity index (χ2v) is 7.73. The molecule has 0 unspecified atom stereocenters.